The minimum absolute atomic E-state index is 0.553. The summed E-state index contributed by atoms with van der Waals surface area (Å²) in [4.78, 5) is 8.56. The van der Waals surface area contributed by atoms with Crippen LogP contribution in [0.1, 0.15) is 12.7 Å². The molecule has 0 aromatic carbocycles. The van der Waals surface area contributed by atoms with Crippen molar-refractivity contribution in [1.82, 2.24) is 29.4 Å². The van der Waals surface area contributed by atoms with Gasteiger partial charge in [0.2, 0.25) is 11.0 Å². The SMILES string of the molecule is CCn1ccnc1CSc1nnc(-c2ccccn2)n1N. The maximum absolute atomic E-state index is 6.05. The van der Waals surface area contributed by atoms with Gasteiger partial charge in [-0.25, -0.2) is 9.66 Å². The van der Waals surface area contributed by atoms with E-state index in [1.54, 1.807) is 12.4 Å². The predicted molar refractivity (Wildman–Crippen MR) is 80.9 cm³/mol. The quantitative estimate of drug-likeness (QED) is 0.568. The number of nitrogen functional groups attached to an aromatic ring is 1. The number of imidazole rings is 1. The molecule has 0 bridgehead atoms. The molecule has 0 fully saturated rings. The summed E-state index contributed by atoms with van der Waals surface area (Å²) in [6.45, 7) is 2.98. The van der Waals surface area contributed by atoms with Gasteiger partial charge in [0, 0.05) is 25.1 Å². The van der Waals surface area contributed by atoms with Gasteiger partial charge < -0.3 is 10.4 Å². The van der Waals surface area contributed by atoms with E-state index >= 15 is 0 Å². The third kappa shape index (κ3) is 2.75. The van der Waals surface area contributed by atoms with Gasteiger partial charge in [-0.2, -0.15) is 0 Å². The highest BCUT2D eigenvalue weighted by Gasteiger charge is 2.13. The first-order valence-electron chi connectivity index (χ1n) is 6.54. The van der Waals surface area contributed by atoms with Crippen LogP contribution in [0.4, 0.5) is 0 Å². The number of hydrogen-bond acceptors (Lipinski definition) is 6. The number of pyridine rings is 1. The van der Waals surface area contributed by atoms with E-state index in [9.17, 15) is 0 Å². The standard InChI is InChI=1S/C13H15N7S/c1-2-19-8-7-16-11(19)9-21-13-18-17-12(20(13)14)10-5-3-4-6-15-10/h3-8H,2,9,14H2,1H3. The van der Waals surface area contributed by atoms with Crippen LogP contribution in [0, 0.1) is 0 Å². The smallest absolute Gasteiger partial charge is 0.210 e. The average Bonchev–Trinajstić information content (AvgIpc) is 3.12. The zero-order valence-corrected chi connectivity index (χ0v) is 12.4. The molecule has 21 heavy (non-hydrogen) atoms. The van der Waals surface area contributed by atoms with E-state index in [-0.39, 0.29) is 0 Å². The maximum Gasteiger partial charge on any atom is 0.210 e. The molecule has 2 N–H and O–H groups in total. The Hall–Kier alpha value is -2.35. The predicted octanol–water partition coefficient (Wildman–Crippen LogP) is 1.56. The first-order chi connectivity index (χ1) is 10.3. The molecule has 0 unspecified atom stereocenters. The molecule has 8 heteroatoms. The second-order valence-corrected chi connectivity index (χ2v) is 5.25. The zero-order valence-electron chi connectivity index (χ0n) is 11.5. The topological polar surface area (TPSA) is 87.4 Å². The summed E-state index contributed by atoms with van der Waals surface area (Å²) >= 11 is 1.50. The average molecular weight is 301 g/mol. The lowest BCUT2D eigenvalue weighted by Crippen LogP contribution is -2.12. The van der Waals surface area contributed by atoms with Crippen molar-refractivity contribution in [2.45, 2.75) is 24.4 Å². The summed E-state index contributed by atoms with van der Waals surface area (Å²) in [6.07, 6.45) is 5.46. The molecule has 7 nitrogen and oxygen atoms in total. The van der Waals surface area contributed by atoms with Crippen LogP contribution in [0.25, 0.3) is 11.5 Å². The summed E-state index contributed by atoms with van der Waals surface area (Å²) in [7, 11) is 0. The summed E-state index contributed by atoms with van der Waals surface area (Å²) in [5.74, 6) is 8.29. The number of nitrogens with zero attached hydrogens (tertiary/aromatic N) is 6. The second kappa shape index (κ2) is 5.96. The number of thioether (sulfide) groups is 1. The van der Waals surface area contributed by atoms with Crippen LogP contribution in [0.2, 0.25) is 0 Å². The van der Waals surface area contributed by atoms with Crippen LogP contribution in [-0.2, 0) is 12.3 Å². The first-order valence-corrected chi connectivity index (χ1v) is 7.53. The molecule has 108 valence electrons. The minimum Gasteiger partial charge on any atom is -0.335 e. The lowest BCUT2D eigenvalue weighted by atomic mass is 10.3. The Morgan fingerprint density at radius 1 is 1.19 bits per heavy atom. The molecule has 0 aliphatic heterocycles. The highest BCUT2D eigenvalue weighted by Crippen LogP contribution is 2.22. The van der Waals surface area contributed by atoms with Crippen molar-refractivity contribution in [3.05, 3.63) is 42.6 Å². The van der Waals surface area contributed by atoms with Crippen molar-refractivity contribution >= 4 is 11.8 Å². The molecule has 3 rings (SSSR count). The fourth-order valence-electron chi connectivity index (χ4n) is 1.94. The first kappa shape index (κ1) is 13.6. The van der Waals surface area contributed by atoms with Crippen molar-refractivity contribution in [3.63, 3.8) is 0 Å². The van der Waals surface area contributed by atoms with E-state index < -0.39 is 0 Å². The number of nitrogens with two attached hydrogens (primary N) is 1. The molecule has 0 aliphatic rings. The fraction of sp³-hybridized carbons (Fsp3) is 0.231. The highest BCUT2D eigenvalue weighted by molar-refractivity contribution is 7.98. The second-order valence-electron chi connectivity index (χ2n) is 4.31. The van der Waals surface area contributed by atoms with Gasteiger partial charge in [0.05, 0.1) is 5.75 Å². The molecular formula is C13H15N7S. The van der Waals surface area contributed by atoms with Crippen LogP contribution in [0.5, 0.6) is 0 Å². The van der Waals surface area contributed by atoms with Crippen molar-refractivity contribution in [2.75, 3.05) is 5.84 Å². The van der Waals surface area contributed by atoms with E-state index in [1.807, 2.05) is 24.4 Å². The Morgan fingerprint density at radius 2 is 2.10 bits per heavy atom. The van der Waals surface area contributed by atoms with E-state index in [0.29, 0.717) is 22.4 Å². The third-order valence-electron chi connectivity index (χ3n) is 3.03. The molecule has 0 radical (unpaired) electrons. The maximum atomic E-state index is 6.05. The van der Waals surface area contributed by atoms with Gasteiger partial charge in [-0.3, -0.25) is 4.98 Å². The number of aromatic nitrogens is 6. The summed E-state index contributed by atoms with van der Waals surface area (Å²) < 4.78 is 3.55. The molecular weight excluding hydrogens is 286 g/mol. The van der Waals surface area contributed by atoms with Gasteiger partial charge in [0.15, 0.2) is 0 Å². The number of hydrogen-bond donors (Lipinski definition) is 1. The lowest BCUT2D eigenvalue weighted by molar-refractivity contribution is 0.724. The molecule has 0 saturated carbocycles. The van der Waals surface area contributed by atoms with Gasteiger partial charge in [0.1, 0.15) is 11.5 Å². The molecule has 0 saturated heterocycles. The number of aryl methyl sites for hydroxylation is 1. The summed E-state index contributed by atoms with van der Waals surface area (Å²) in [5, 5.41) is 8.87. The number of rotatable bonds is 5. The van der Waals surface area contributed by atoms with Crippen LogP contribution >= 0.6 is 11.8 Å². The van der Waals surface area contributed by atoms with Crippen molar-refractivity contribution in [1.29, 1.82) is 0 Å². The van der Waals surface area contributed by atoms with E-state index in [1.165, 1.54) is 16.4 Å². The van der Waals surface area contributed by atoms with Gasteiger partial charge >= 0.3 is 0 Å². The van der Waals surface area contributed by atoms with Crippen molar-refractivity contribution < 1.29 is 0 Å². The monoisotopic (exact) mass is 301 g/mol. The molecule has 3 aromatic heterocycles. The minimum atomic E-state index is 0.553. The van der Waals surface area contributed by atoms with Gasteiger partial charge in [-0.05, 0) is 19.1 Å². The van der Waals surface area contributed by atoms with Crippen LogP contribution in [0.3, 0.4) is 0 Å². The zero-order chi connectivity index (χ0) is 14.7. The largest absolute Gasteiger partial charge is 0.335 e. The highest BCUT2D eigenvalue weighted by atomic mass is 32.2. The summed E-state index contributed by atoms with van der Waals surface area (Å²) in [5.41, 5.74) is 0.703. The van der Waals surface area contributed by atoms with Crippen molar-refractivity contribution in [2.24, 2.45) is 0 Å². The molecule has 3 heterocycles. The molecule has 0 spiro atoms. The summed E-state index contributed by atoms with van der Waals surface area (Å²) in [6, 6.07) is 5.59. The molecule has 0 atom stereocenters. The van der Waals surface area contributed by atoms with Crippen molar-refractivity contribution in [3.8, 4) is 11.5 Å². The lowest BCUT2D eigenvalue weighted by Gasteiger charge is -2.05. The van der Waals surface area contributed by atoms with Crippen LogP contribution < -0.4 is 5.84 Å². The molecule has 3 aromatic rings. The van der Waals surface area contributed by atoms with E-state index in [4.69, 9.17) is 5.84 Å². The van der Waals surface area contributed by atoms with Crippen LogP contribution in [0.15, 0.2) is 41.9 Å². The third-order valence-corrected chi connectivity index (χ3v) is 3.97. The van der Waals surface area contributed by atoms with Gasteiger partial charge in [0.25, 0.3) is 0 Å². The molecule has 0 aliphatic carbocycles. The Balaban J connectivity index is 1.77. The van der Waals surface area contributed by atoms with E-state index in [2.05, 4.69) is 31.7 Å². The Morgan fingerprint density at radius 3 is 2.86 bits per heavy atom. The Labute approximate surface area is 126 Å². The molecule has 0 amide bonds. The Kier molecular flexibility index (Phi) is 3.87. The van der Waals surface area contributed by atoms with Gasteiger partial charge in [-0.15, -0.1) is 10.2 Å². The normalized spacial score (nSPS) is 10.9. The van der Waals surface area contributed by atoms with Crippen LogP contribution in [-0.4, -0.2) is 29.4 Å². The fourth-order valence-corrected chi connectivity index (χ4v) is 2.77. The van der Waals surface area contributed by atoms with E-state index in [0.717, 1.165) is 12.4 Å². The Bertz CT molecular complexity index is 719. The van der Waals surface area contributed by atoms with Gasteiger partial charge in [-0.1, -0.05) is 17.8 Å².